The van der Waals surface area contributed by atoms with Crippen LogP contribution in [0.25, 0.3) is 11.2 Å². The molecule has 0 N–H and O–H groups in total. The Hall–Kier alpha value is -2.07. The van der Waals surface area contributed by atoms with Gasteiger partial charge in [0.05, 0.1) is 6.54 Å². The summed E-state index contributed by atoms with van der Waals surface area (Å²) in [6, 6.07) is 10.2. The summed E-state index contributed by atoms with van der Waals surface area (Å²) in [6.45, 7) is 5.96. The quantitative estimate of drug-likeness (QED) is 0.554. The van der Waals surface area contributed by atoms with Crippen molar-refractivity contribution in [2.24, 2.45) is 0 Å². The van der Waals surface area contributed by atoms with Crippen molar-refractivity contribution in [1.82, 2.24) is 14.5 Å². The van der Waals surface area contributed by atoms with Crippen molar-refractivity contribution in [2.75, 3.05) is 18.5 Å². The van der Waals surface area contributed by atoms with Crippen molar-refractivity contribution in [3.8, 4) is 0 Å². The van der Waals surface area contributed by atoms with E-state index in [1.807, 2.05) is 19.1 Å². The second kappa shape index (κ2) is 7.87. The highest BCUT2D eigenvalue weighted by atomic mass is 35.5. The molecule has 25 heavy (non-hydrogen) atoms. The number of aromatic nitrogens is 3. The number of pyridine rings is 1. The van der Waals surface area contributed by atoms with E-state index in [0.717, 1.165) is 39.8 Å². The molecule has 5 heteroatoms. The first kappa shape index (κ1) is 17.7. The zero-order valence-electron chi connectivity index (χ0n) is 15.2. The van der Waals surface area contributed by atoms with Crippen LogP contribution >= 0.6 is 11.6 Å². The van der Waals surface area contributed by atoms with Crippen LogP contribution in [0.5, 0.6) is 0 Å². The van der Waals surface area contributed by atoms with E-state index in [1.54, 1.807) is 6.20 Å². The van der Waals surface area contributed by atoms with E-state index in [9.17, 15) is 0 Å². The first-order chi connectivity index (χ1) is 12.1. The zero-order valence-corrected chi connectivity index (χ0v) is 15.9. The number of rotatable bonds is 7. The predicted molar refractivity (Wildman–Crippen MR) is 106 cm³/mol. The molecule has 3 aromatic rings. The second-order valence-corrected chi connectivity index (χ2v) is 6.90. The molecular formula is C20H25ClN4. The molecule has 0 aliphatic rings. The van der Waals surface area contributed by atoms with Gasteiger partial charge in [0.2, 0.25) is 0 Å². The fourth-order valence-electron chi connectivity index (χ4n) is 3.06. The molecule has 0 aliphatic heterocycles. The monoisotopic (exact) mass is 356 g/mol. The largest absolute Gasteiger partial charge is 0.375 e. The van der Waals surface area contributed by atoms with Crippen LogP contribution in [-0.2, 0) is 6.54 Å². The van der Waals surface area contributed by atoms with E-state index in [0.29, 0.717) is 6.54 Å². The van der Waals surface area contributed by atoms with E-state index in [2.05, 4.69) is 51.6 Å². The van der Waals surface area contributed by atoms with Gasteiger partial charge in [0, 0.05) is 30.5 Å². The van der Waals surface area contributed by atoms with E-state index in [4.69, 9.17) is 11.6 Å². The average molecular weight is 357 g/mol. The number of fused-ring (bicyclic) bond motifs is 1. The molecule has 0 spiro atoms. The highest BCUT2D eigenvalue weighted by molar-refractivity contribution is 6.31. The summed E-state index contributed by atoms with van der Waals surface area (Å²) < 4.78 is 2.11. The summed E-state index contributed by atoms with van der Waals surface area (Å²) in [4.78, 5) is 11.3. The highest BCUT2D eigenvalue weighted by Gasteiger charge is 2.11. The lowest BCUT2D eigenvalue weighted by molar-refractivity contribution is 0.705. The topological polar surface area (TPSA) is 34.0 Å². The fraction of sp³-hybridized carbons (Fsp3) is 0.400. The van der Waals surface area contributed by atoms with Crippen LogP contribution in [-0.4, -0.2) is 28.1 Å². The van der Waals surface area contributed by atoms with Gasteiger partial charge in [0.15, 0.2) is 5.65 Å². The van der Waals surface area contributed by atoms with Gasteiger partial charge in [-0.3, -0.25) is 0 Å². The van der Waals surface area contributed by atoms with E-state index >= 15 is 0 Å². The Morgan fingerprint density at radius 1 is 1.20 bits per heavy atom. The lowest BCUT2D eigenvalue weighted by Crippen LogP contribution is -2.18. The van der Waals surface area contributed by atoms with E-state index in [-0.39, 0.29) is 0 Å². The molecule has 0 saturated heterocycles. The summed E-state index contributed by atoms with van der Waals surface area (Å²) in [5.41, 5.74) is 4.07. The first-order valence-electron chi connectivity index (χ1n) is 8.87. The summed E-state index contributed by atoms with van der Waals surface area (Å²) in [5, 5.41) is 0.789. The van der Waals surface area contributed by atoms with Gasteiger partial charge in [-0.15, -0.1) is 0 Å². The Morgan fingerprint density at radius 3 is 2.80 bits per heavy atom. The molecule has 1 aromatic carbocycles. The van der Waals surface area contributed by atoms with Crippen LogP contribution in [0.3, 0.4) is 0 Å². The third-order valence-electron chi connectivity index (χ3n) is 4.60. The van der Waals surface area contributed by atoms with E-state index in [1.165, 1.54) is 19.3 Å². The maximum atomic E-state index is 6.57. The maximum Gasteiger partial charge on any atom is 0.160 e. The lowest BCUT2D eigenvalue weighted by atomic mass is 10.1. The molecule has 0 aliphatic carbocycles. The first-order valence-corrected chi connectivity index (χ1v) is 9.25. The Kier molecular flexibility index (Phi) is 5.59. The molecule has 0 unspecified atom stereocenters. The molecule has 0 fully saturated rings. The number of hydrogen-bond acceptors (Lipinski definition) is 3. The van der Waals surface area contributed by atoms with Crippen molar-refractivity contribution in [1.29, 1.82) is 0 Å². The minimum Gasteiger partial charge on any atom is -0.375 e. The van der Waals surface area contributed by atoms with Gasteiger partial charge in [-0.1, -0.05) is 37.4 Å². The number of aryl methyl sites for hydroxylation is 1. The molecule has 0 atom stereocenters. The molecule has 3 rings (SSSR count). The van der Waals surface area contributed by atoms with Gasteiger partial charge in [-0.25, -0.2) is 9.97 Å². The van der Waals surface area contributed by atoms with Crippen LogP contribution in [0, 0.1) is 6.92 Å². The van der Waals surface area contributed by atoms with Gasteiger partial charge in [0.1, 0.15) is 11.3 Å². The van der Waals surface area contributed by atoms with Gasteiger partial charge >= 0.3 is 0 Å². The third-order valence-corrected chi connectivity index (χ3v) is 4.95. The zero-order chi connectivity index (χ0) is 17.8. The summed E-state index contributed by atoms with van der Waals surface area (Å²) in [5.74, 6) is 0.950. The molecule has 4 nitrogen and oxygen atoms in total. The van der Waals surface area contributed by atoms with Crippen LogP contribution in [0.1, 0.15) is 37.6 Å². The van der Waals surface area contributed by atoms with E-state index < -0.39 is 0 Å². The molecule has 132 valence electrons. The molecule has 0 bridgehead atoms. The van der Waals surface area contributed by atoms with Crippen LogP contribution in [0.2, 0.25) is 5.02 Å². The van der Waals surface area contributed by atoms with Crippen molar-refractivity contribution in [3.05, 3.63) is 52.9 Å². The predicted octanol–water partition coefficient (Wildman–Crippen LogP) is 5.07. The van der Waals surface area contributed by atoms with Gasteiger partial charge in [-0.2, -0.15) is 0 Å². The summed E-state index contributed by atoms with van der Waals surface area (Å²) in [7, 11) is 2.12. The lowest BCUT2D eigenvalue weighted by Gasteiger charge is -2.20. The Morgan fingerprint density at radius 2 is 2.04 bits per heavy atom. The van der Waals surface area contributed by atoms with Gasteiger partial charge < -0.3 is 9.47 Å². The molecule has 2 aromatic heterocycles. The van der Waals surface area contributed by atoms with Crippen molar-refractivity contribution in [2.45, 2.75) is 39.7 Å². The normalized spacial score (nSPS) is 11.2. The smallest absolute Gasteiger partial charge is 0.160 e. The molecular weight excluding hydrogens is 332 g/mol. The summed E-state index contributed by atoms with van der Waals surface area (Å²) >= 11 is 6.57. The maximum absolute atomic E-state index is 6.57. The number of imidazole rings is 1. The van der Waals surface area contributed by atoms with Crippen LogP contribution in [0.15, 0.2) is 36.5 Å². The Bertz CT molecular complexity index is 856. The second-order valence-electron chi connectivity index (χ2n) is 6.50. The molecule has 2 heterocycles. The van der Waals surface area contributed by atoms with Gasteiger partial charge in [0.25, 0.3) is 0 Å². The molecule has 0 radical (unpaired) electrons. The van der Waals surface area contributed by atoms with Gasteiger partial charge in [-0.05, 0) is 43.2 Å². The van der Waals surface area contributed by atoms with Crippen molar-refractivity contribution < 1.29 is 0 Å². The minimum absolute atomic E-state index is 0.679. The molecule has 0 saturated carbocycles. The number of halogens is 1. The minimum atomic E-state index is 0.679. The highest BCUT2D eigenvalue weighted by Crippen LogP contribution is 2.25. The van der Waals surface area contributed by atoms with Crippen molar-refractivity contribution >= 4 is 28.5 Å². The average Bonchev–Trinajstić information content (AvgIpc) is 2.92. The third kappa shape index (κ3) is 3.96. The SMILES string of the molecule is CCCCCN(C)c1ccc(Cn2c(C)nc3cccnc32)c(Cl)c1. The fourth-order valence-corrected chi connectivity index (χ4v) is 3.30. The standard InChI is InChI=1S/C20H25ClN4/c1-4-5-6-12-24(3)17-10-9-16(18(21)13-17)14-25-15(2)23-19-8-7-11-22-20(19)25/h7-11,13H,4-6,12,14H2,1-3H3. The summed E-state index contributed by atoms with van der Waals surface area (Å²) in [6.07, 6.45) is 5.50. The van der Waals surface area contributed by atoms with Crippen LogP contribution < -0.4 is 4.90 Å². The van der Waals surface area contributed by atoms with Crippen molar-refractivity contribution in [3.63, 3.8) is 0 Å². The number of nitrogens with zero attached hydrogens (tertiary/aromatic N) is 4. The Balaban J connectivity index is 1.80. The number of benzene rings is 1. The number of unbranched alkanes of at least 4 members (excludes halogenated alkanes) is 2. The molecule has 0 amide bonds. The number of anilines is 1. The van der Waals surface area contributed by atoms with Crippen LogP contribution in [0.4, 0.5) is 5.69 Å². The number of hydrogen-bond donors (Lipinski definition) is 0. The Labute approximate surface area is 154 Å².